The smallest absolute Gasteiger partial charge is 0.405 e. The highest BCUT2D eigenvalue weighted by atomic mass is 35.5. The minimum Gasteiger partial charge on any atom is -0.465 e. The third kappa shape index (κ3) is 4.79. The fraction of sp³-hybridized carbons (Fsp3) is 0.118. The van der Waals surface area contributed by atoms with E-state index in [1.54, 1.807) is 12.1 Å². The van der Waals surface area contributed by atoms with Crippen LogP contribution in [0.3, 0.4) is 0 Å². The third-order valence-electron chi connectivity index (χ3n) is 3.13. The predicted molar refractivity (Wildman–Crippen MR) is 90.5 cm³/mol. The largest absolute Gasteiger partial charge is 0.465 e. The Morgan fingerprint density at radius 3 is 2.50 bits per heavy atom. The van der Waals surface area contributed by atoms with Gasteiger partial charge < -0.3 is 10.4 Å². The summed E-state index contributed by atoms with van der Waals surface area (Å²) in [5, 5.41) is 12.5. The van der Waals surface area contributed by atoms with Gasteiger partial charge in [-0.1, -0.05) is 71.8 Å². The first-order chi connectivity index (χ1) is 10.6. The second-order valence-electron chi connectivity index (χ2n) is 4.72. The maximum atomic E-state index is 10.9. The molecule has 0 fully saturated rings. The van der Waals surface area contributed by atoms with E-state index < -0.39 is 6.09 Å². The second kappa shape index (κ2) is 7.87. The van der Waals surface area contributed by atoms with E-state index in [2.05, 4.69) is 5.32 Å². The number of halogens is 2. The molecule has 114 valence electrons. The van der Waals surface area contributed by atoms with Crippen LogP contribution in [-0.2, 0) is 0 Å². The van der Waals surface area contributed by atoms with E-state index in [1.807, 2.05) is 48.6 Å². The van der Waals surface area contributed by atoms with Crippen LogP contribution in [0, 0.1) is 0 Å². The maximum absolute atomic E-state index is 10.9. The van der Waals surface area contributed by atoms with Gasteiger partial charge in [0.15, 0.2) is 0 Å². The van der Waals surface area contributed by atoms with Gasteiger partial charge in [-0.15, -0.1) is 0 Å². The van der Waals surface area contributed by atoms with Gasteiger partial charge in [0.2, 0.25) is 0 Å². The highest BCUT2D eigenvalue weighted by molar-refractivity contribution is 6.42. The molecule has 22 heavy (non-hydrogen) atoms. The second-order valence-corrected chi connectivity index (χ2v) is 5.54. The van der Waals surface area contributed by atoms with Crippen molar-refractivity contribution < 1.29 is 9.90 Å². The van der Waals surface area contributed by atoms with Gasteiger partial charge in [-0.05, 0) is 29.7 Å². The maximum Gasteiger partial charge on any atom is 0.405 e. The summed E-state index contributed by atoms with van der Waals surface area (Å²) in [6.45, 7) is 0. The zero-order valence-corrected chi connectivity index (χ0v) is 13.2. The number of hydrogen-bond donors (Lipinski definition) is 2. The van der Waals surface area contributed by atoms with E-state index in [0.29, 0.717) is 16.5 Å². The SMILES string of the molecule is O=C(O)NC(CC=Cc1ccc(Cl)c(Cl)c1)c1ccccc1. The van der Waals surface area contributed by atoms with Gasteiger partial charge in [0.05, 0.1) is 16.1 Å². The Bertz CT molecular complexity index is 672. The Morgan fingerprint density at radius 1 is 1.14 bits per heavy atom. The van der Waals surface area contributed by atoms with Crippen molar-refractivity contribution in [1.29, 1.82) is 0 Å². The monoisotopic (exact) mass is 335 g/mol. The zero-order chi connectivity index (χ0) is 15.9. The standard InChI is InChI=1S/C17H15Cl2NO2/c18-14-10-9-12(11-15(14)19)5-4-8-16(20-17(21)22)13-6-2-1-3-7-13/h1-7,9-11,16,20H,8H2,(H,21,22). The summed E-state index contributed by atoms with van der Waals surface area (Å²) in [6.07, 6.45) is 3.29. The lowest BCUT2D eigenvalue weighted by Gasteiger charge is -2.15. The van der Waals surface area contributed by atoms with Gasteiger partial charge in [0, 0.05) is 0 Å². The summed E-state index contributed by atoms with van der Waals surface area (Å²) in [7, 11) is 0. The van der Waals surface area contributed by atoms with Crippen molar-refractivity contribution >= 4 is 35.4 Å². The first-order valence-corrected chi connectivity index (χ1v) is 7.48. The lowest BCUT2D eigenvalue weighted by molar-refractivity contribution is 0.190. The van der Waals surface area contributed by atoms with Crippen molar-refractivity contribution in [2.45, 2.75) is 12.5 Å². The predicted octanol–water partition coefficient (Wildman–Crippen LogP) is 5.41. The van der Waals surface area contributed by atoms with Crippen molar-refractivity contribution in [2.24, 2.45) is 0 Å². The number of carboxylic acid groups (broad SMARTS) is 1. The Hall–Kier alpha value is -1.97. The highest BCUT2D eigenvalue weighted by Gasteiger charge is 2.11. The number of amides is 1. The number of hydrogen-bond acceptors (Lipinski definition) is 1. The molecule has 3 nitrogen and oxygen atoms in total. The highest BCUT2D eigenvalue weighted by Crippen LogP contribution is 2.24. The van der Waals surface area contributed by atoms with Crippen LogP contribution in [0.2, 0.25) is 10.0 Å². The summed E-state index contributed by atoms with van der Waals surface area (Å²) in [5.74, 6) is 0. The van der Waals surface area contributed by atoms with Crippen molar-refractivity contribution in [3.05, 3.63) is 75.8 Å². The van der Waals surface area contributed by atoms with E-state index in [1.165, 1.54) is 0 Å². The molecular formula is C17H15Cl2NO2. The van der Waals surface area contributed by atoms with Crippen LogP contribution in [-0.4, -0.2) is 11.2 Å². The van der Waals surface area contributed by atoms with E-state index in [9.17, 15) is 4.79 Å². The van der Waals surface area contributed by atoms with Gasteiger partial charge in [-0.25, -0.2) is 4.79 Å². The van der Waals surface area contributed by atoms with Crippen LogP contribution in [0.25, 0.3) is 6.08 Å². The van der Waals surface area contributed by atoms with Crippen LogP contribution in [0.15, 0.2) is 54.6 Å². The van der Waals surface area contributed by atoms with E-state index in [4.69, 9.17) is 28.3 Å². The molecule has 2 rings (SSSR count). The molecule has 0 saturated heterocycles. The lowest BCUT2D eigenvalue weighted by Crippen LogP contribution is -2.26. The molecule has 1 unspecified atom stereocenters. The molecule has 0 aromatic heterocycles. The van der Waals surface area contributed by atoms with Gasteiger partial charge in [-0.2, -0.15) is 0 Å². The molecule has 0 heterocycles. The Morgan fingerprint density at radius 2 is 1.86 bits per heavy atom. The van der Waals surface area contributed by atoms with Crippen molar-refractivity contribution in [3.8, 4) is 0 Å². The van der Waals surface area contributed by atoms with E-state index in [0.717, 1.165) is 11.1 Å². The van der Waals surface area contributed by atoms with Crippen molar-refractivity contribution in [3.63, 3.8) is 0 Å². The lowest BCUT2D eigenvalue weighted by atomic mass is 10.0. The Labute approximate surface area is 139 Å². The van der Waals surface area contributed by atoms with Gasteiger partial charge in [0.25, 0.3) is 0 Å². The quantitative estimate of drug-likeness (QED) is 0.767. The van der Waals surface area contributed by atoms with E-state index >= 15 is 0 Å². The molecule has 5 heteroatoms. The topological polar surface area (TPSA) is 49.3 Å². The van der Waals surface area contributed by atoms with Crippen molar-refractivity contribution in [2.75, 3.05) is 0 Å². The molecule has 0 aliphatic rings. The first kappa shape index (κ1) is 16.4. The summed E-state index contributed by atoms with van der Waals surface area (Å²) in [5.41, 5.74) is 1.83. The number of nitrogens with one attached hydrogen (secondary N) is 1. The number of carbonyl (C=O) groups is 1. The normalized spacial score (nSPS) is 12.3. The first-order valence-electron chi connectivity index (χ1n) is 6.72. The molecule has 2 aromatic carbocycles. The fourth-order valence-electron chi connectivity index (χ4n) is 2.07. The molecular weight excluding hydrogens is 321 g/mol. The van der Waals surface area contributed by atoms with Gasteiger partial charge >= 0.3 is 6.09 Å². The van der Waals surface area contributed by atoms with Crippen LogP contribution in [0.4, 0.5) is 4.79 Å². The molecule has 2 aromatic rings. The Kier molecular flexibility index (Phi) is 5.87. The van der Waals surface area contributed by atoms with E-state index in [-0.39, 0.29) is 6.04 Å². The van der Waals surface area contributed by atoms with Crippen molar-refractivity contribution in [1.82, 2.24) is 5.32 Å². The molecule has 0 spiro atoms. The summed E-state index contributed by atoms with van der Waals surface area (Å²) in [4.78, 5) is 10.9. The fourth-order valence-corrected chi connectivity index (χ4v) is 2.38. The summed E-state index contributed by atoms with van der Waals surface area (Å²) in [6, 6.07) is 14.5. The van der Waals surface area contributed by atoms with Crippen LogP contribution in [0.1, 0.15) is 23.6 Å². The molecule has 0 saturated carbocycles. The Balaban J connectivity index is 2.09. The minimum absolute atomic E-state index is 0.294. The summed E-state index contributed by atoms with van der Waals surface area (Å²) < 4.78 is 0. The minimum atomic E-state index is -1.04. The molecule has 0 aliphatic heterocycles. The number of benzene rings is 2. The van der Waals surface area contributed by atoms with Gasteiger partial charge in [-0.3, -0.25) is 0 Å². The van der Waals surface area contributed by atoms with Gasteiger partial charge in [0.1, 0.15) is 0 Å². The molecule has 2 N–H and O–H groups in total. The van der Waals surface area contributed by atoms with Crippen LogP contribution >= 0.6 is 23.2 Å². The molecule has 1 amide bonds. The van der Waals surface area contributed by atoms with Crippen LogP contribution in [0.5, 0.6) is 0 Å². The van der Waals surface area contributed by atoms with Crippen LogP contribution < -0.4 is 5.32 Å². The average Bonchev–Trinajstić information content (AvgIpc) is 2.50. The average molecular weight is 336 g/mol. The summed E-state index contributed by atoms with van der Waals surface area (Å²) >= 11 is 11.8. The zero-order valence-electron chi connectivity index (χ0n) is 11.7. The molecule has 0 aliphatic carbocycles. The molecule has 0 bridgehead atoms. The molecule has 1 atom stereocenters. The number of rotatable bonds is 5. The molecule has 0 radical (unpaired) electrons. The third-order valence-corrected chi connectivity index (χ3v) is 3.86.